The average Bonchev–Trinajstić information content (AvgIpc) is 2.84. The average molecular weight is 293 g/mol. The highest BCUT2D eigenvalue weighted by Gasteiger charge is 2.09. The number of nitrogen functional groups attached to an aromatic ring is 1. The third-order valence-corrected chi connectivity index (χ3v) is 3.57. The lowest BCUT2D eigenvalue weighted by atomic mass is 10.2. The highest BCUT2D eigenvalue weighted by atomic mass is 32.2. The molecule has 0 spiro atoms. The van der Waals surface area contributed by atoms with Gasteiger partial charge >= 0.3 is 0 Å². The number of nitrogens with two attached hydrogens (primary N) is 1. The van der Waals surface area contributed by atoms with Crippen LogP contribution in [0, 0.1) is 0 Å². The number of thioether (sulfide) groups is 1. The number of nitrogens with zero attached hydrogens (tertiary/aromatic N) is 3. The molecular weight excluding hydrogens is 278 g/mol. The molecule has 0 radical (unpaired) electrons. The molecule has 0 saturated heterocycles. The van der Waals surface area contributed by atoms with Crippen LogP contribution in [0.2, 0.25) is 0 Å². The fourth-order valence-electron chi connectivity index (χ4n) is 1.50. The topological polar surface area (TPSA) is 95.1 Å². The molecule has 0 saturated carbocycles. The molecule has 0 aliphatic carbocycles. The maximum absolute atomic E-state index is 11.8. The van der Waals surface area contributed by atoms with Crippen LogP contribution in [-0.4, -0.2) is 33.5 Å². The number of hydrogen-bond acceptors (Lipinski definition) is 6. The second-order valence-electron chi connectivity index (χ2n) is 4.01. The molecule has 0 aliphatic heterocycles. The molecule has 1 aromatic carbocycles. The van der Waals surface area contributed by atoms with Gasteiger partial charge in [0.05, 0.1) is 24.2 Å². The molecule has 0 aliphatic rings. The van der Waals surface area contributed by atoms with Crippen LogP contribution in [0.15, 0.2) is 29.7 Å². The zero-order valence-corrected chi connectivity index (χ0v) is 12.0. The molecule has 1 amide bonds. The van der Waals surface area contributed by atoms with E-state index < -0.39 is 0 Å². The summed E-state index contributed by atoms with van der Waals surface area (Å²) < 4.78 is 6.80. The Morgan fingerprint density at radius 3 is 2.95 bits per heavy atom. The minimum absolute atomic E-state index is 0.158. The number of aromatic nitrogens is 3. The summed E-state index contributed by atoms with van der Waals surface area (Å²) in [5.41, 5.74) is 6.86. The SMILES string of the molecule is COc1ccc(NC(=O)CSc2nncn2C)c(N)c1. The lowest BCUT2D eigenvalue weighted by Crippen LogP contribution is -2.15. The van der Waals surface area contributed by atoms with Gasteiger partial charge in [0.25, 0.3) is 0 Å². The number of anilines is 2. The Morgan fingerprint density at radius 1 is 1.55 bits per heavy atom. The van der Waals surface area contributed by atoms with Crippen molar-refractivity contribution >= 4 is 29.0 Å². The highest BCUT2D eigenvalue weighted by Crippen LogP contribution is 2.24. The van der Waals surface area contributed by atoms with Crippen LogP contribution in [0.3, 0.4) is 0 Å². The minimum Gasteiger partial charge on any atom is -0.497 e. The maximum Gasteiger partial charge on any atom is 0.234 e. The number of carbonyl (C=O) groups excluding carboxylic acids is 1. The summed E-state index contributed by atoms with van der Waals surface area (Å²) in [4.78, 5) is 11.8. The predicted octanol–water partition coefficient (Wildman–Crippen LogP) is 1.14. The summed E-state index contributed by atoms with van der Waals surface area (Å²) in [6, 6.07) is 5.10. The molecule has 2 aromatic rings. The van der Waals surface area contributed by atoms with Gasteiger partial charge in [-0.05, 0) is 12.1 Å². The number of rotatable bonds is 5. The first-order chi connectivity index (χ1) is 9.60. The highest BCUT2D eigenvalue weighted by molar-refractivity contribution is 7.99. The smallest absolute Gasteiger partial charge is 0.234 e. The summed E-state index contributed by atoms with van der Waals surface area (Å²) >= 11 is 1.31. The number of aryl methyl sites for hydroxylation is 1. The van der Waals surface area contributed by atoms with E-state index in [-0.39, 0.29) is 11.7 Å². The Labute approximate surface area is 120 Å². The van der Waals surface area contributed by atoms with Crippen LogP contribution in [0.5, 0.6) is 5.75 Å². The van der Waals surface area contributed by atoms with Gasteiger partial charge in [-0.2, -0.15) is 0 Å². The molecular formula is C12H15N5O2S. The van der Waals surface area contributed by atoms with Gasteiger partial charge in [-0.1, -0.05) is 11.8 Å². The van der Waals surface area contributed by atoms with Gasteiger partial charge in [0.1, 0.15) is 12.1 Å². The second-order valence-corrected chi connectivity index (χ2v) is 4.96. The van der Waals surface area contributed by atoms with Crippen LogP contribution in [0.25, 0.3) is 0 Å². The Morgan fingerprint density at radius 2 is 2.35 bits per heavy atom. The van der Waals surface area contributed by atoms with Gasteiger partial charge in [0.15, 0.2) is 5.16 Å². The Kier molecular flexibility index (Phi) is 4.46. The predicted molar refractivity (Wildman–Crippen MR) is 77.8 cm³/mol. The quantitative estimate of drug-likeness (QED) is 0.634. The molecule has 2 rings (SSSR count). The molecule has 0 atom stereocenters. The van der Waals surface area contributed by atoms with Gasteiger partial charge in [-0.15, -0.1) is 10.2 Å². The van der Waals surface area contributed by atoms with E-state index in [1.54, 1.807) is 36.2 Å². The monoisotopic (exact) mass is 293 g/mol. The molecule has 1 heterocycles. The number of ether oxygens (including phenoxy) is 1. The molecule has 0 unspecified atom stereocenters. The van der Waals surface area contributed by atoms with E-state index in [9.17, 15) is 4.79 Å². The molecule has 20 heavy (non-hydrogen) atoms. The Balaban J connectivity index is 1.93. The molecule has 0 bridgehead atoms. The number of benzene rings is 1. The molecule has 7 nitrogen and oxygen atoms in total. The zero-order valence-electron chi connectivity index (χ0n) is 11.2. The first-order valence-corrected chi connectivity index (χ1v) is 6.79. The van der Waals surface area contributed by atoms with Crippen molar-refractivity contribution in [2.75, 3.05) is 23.9 Å². The third kappa shape index (κ3) is 3.41. The largest absolute Gasteiger partial charge is 0.497 e. The zero-order chi connectivity index (χ0) is 14.5. The van der Waals surface area contributed by atoms with Crippen molar-refractivity contribution in [2.24, 2.45) is 7.05 Å². The first kappa shape index (κ1) is 14.2. The van der Waals surface area contributed by atoms with Crippen LogP contribution in [0.4, 0.5) is 11.4 Å². The number of hydrogen-bond donors (Lipinski definition) is 2. The normalized spacial score (nSPS) is 10.3. The molecule has 3 N–H and O–H groups in total. The molecule has 106 valence electrons. The summed E-state index contributed by atoms with van der Waals surface area (Å²) in [6.07, 6.45) is 1.59. The van der Waals surface area contributed by atoms with Crippen molar-refractivity contribution in [3.8, 4) is 5.75 Å². The van der Waals surface area contributed by atoms with Crippen LogP contribution in [0.1, 0.15) is 0 Å². The maximum atomic E-state index is 11.8. The van der Waals surface area contributed by atoms with Crippen LogP contribution in [-0.2, 0) is 11.8 Å². The summed E-state index contributed by atoms with van der Waals surface area (Å²) in [7, 11) is 3.38. The third-order valence-electron chi connectivity index (χ3n) is 2.54. The van der Waals surface area contributed by atoms with E-state index in [2.05, 4.69) is 15.5 Å². The lowest BCUT2D eigenvalue weighted by Gasteiger charge is -2.09. The lowest BCUT2D eigenvalue weighted by molar-refractivity contribution is -0.113. The number of nitrogens with one attached hydrogen (secondary N) is 1. The minimum atomic E-state index is -0.158. The molecule has 1 aromatic heterocycles. The van der Waals surface area contributed by atoms with E-state index in [0.717, 1.165) is 0 Å². The van der Waals surface area contributed by atoms with Gasteiger partial charge in [-0.25, -0.2) is 0 Å². The Hall–Kier alpha value is -2.22. The van der Waals surface area contributed by atoms with E-state index >= 15 is 0 Å². The Bertz CT molecular complexity index is 614. The summed E-state index contributed by atoms with van der Waals surface area (Å²) in [5, 5.41) is 11.1. The van der Waals surface area contributed by atoms with E-state index in [1.165, 1.54) is 11.8 Å². The number of carbonyl (C=O) groups is 1. The van der Waals surface area contributed by atoms with Crippen molar-refractivity contribution in [1.82, 2.24) is 14.8 Å². The summed E-state index contributed by atoms with van der Waals surface area (Å²) in [6.45, 7) is 0. The van der Waals surface area contributed by atoms with E-state index in [0.29, 0.717) is 22.3 Å². The second kappa shape index (κ2) is 6.29. The van der Waals surface area contributed by atoms with E-state index in [4.69, 9.17) is 10.5 Å². The van der Waals surface area contributed by atoms with Crippen molar-refractivity contribution in [3.05, 3.63) is 24.5 Å². The van der Waals surface area contributed by atoms with Crippen molar-refractivity contribution in [1.29, 1.82) is 0 Å². The van der Waals surface area contributed by atoms with Crippen molar-refractivity contribution < 1.29 is 9.53 Å². The first-order valence-electron chi connectivity index (χ1n) is 5.80. The van der Waals surface area contributed by atoms with Gasteiger partial charge in [-0.3, -0.25) is 4.79 Å². The van der Waals surface area contributed by atoms with Gasteiger partial charge in [0.2, 0.25) is 5.91 Å². The molecule has 8 heteroatoms. The fourth-order valence-corrected chi connectivity index (χ4v) is 2.19. The van der Waals surface area contributed by atoms with Gasteiger partial charge in [0, 0.05) is 13.1 Å². The number of amides is 1. The van der Waals surface area contributed by atoms with E-state index in [1.807, 2.05) is 7.05 Å². The van der Waals surface area contributed by atoms with Gasteiger partial charge < -0.3 is 20.4 Å². The van der Waals surface area contributed by atoms with Crippen molar-refractivity contribution in [3.63, 3.8) is 0 Å². The van der Waals surface area contributed by atoms with Crippen LogP contribution < -0.4 is 15.8 Å². The number of methoxy groups -OCH3 is 1. The summed E-state index contributed by atoms with van der Waals surface area (Å²) in [5.74, 6) is 0.724. The van der Waals surface area contributed by atoms with Crippen LogP contribution >= 0.6 is 11.8 Å². The molecule has 0 fully saturated rings. The fraction of sp³-hybridized carbons (Fsp3) is 0.250. The standard InChI is InChI=1S/C12H15N5O2S/c1-17-7-14-16-12(17)20-6-11(18)15-10-4-3-8(19-2)5-9(10)13/h3-5,7H,6,13H2,1-2H3,(H,15,18). The van der Waals surface area contributed by atoms with Crippen molar-refractivity contribution in [2.45, 2.75) is 5.16 Å².